The molecule has 1 aliphatic heterocycles. The van der Waals surface area contributed by atoms with E-state index in [9.17, 15) is 9.18 Å². The Kier molecular flexibility index (Phi) is 3.64. The second kappa shape index (κ2) is 5.58. The van der Waals surface area contributed by atoms with Crippen LogP contribution in [0.2, 0.25) is 0 Å². The van der Waals surface area contributed by atoms with Gasteiger partial charge in [0.25, 0.3) is 5.91 Å². The van der Waals surface area contributed by atoms with Crippen molar-refractivity contribution in [3.05, 3.63) is 53.9 Å². The normalized spacial score (nSPS) is 17.4. The van der Waals surface area contributed by atoms with Crippen LogP contribution in [0, 0.1) is 5.82 Å². The topological polar surface area (TPSA) is 54.9 Å². The number of carbonyl (C=O) groups is 1. The molecule has 1 aromatic carbocycles. The van der Waals surface area contributed by atoms with Crippen LogP contribution in [-0.4, -0.2) is 21.6 Å². The van der Waals surface area contributed by atoms with Gasteiger partial charge in [-0.05, 0) is 30.2 Å². The number of thioether (sulfide) groups is 1. The first-order valence-electron chi connectivity index (χ1n) is 6.23. The Morgan fingerprint density at radius 1 is 1.40 bits per heavy atom. The Labute approximate surface area is 119 Å². The van der Waals surface area contributed by atoms with Crippen LogP contribution in [0.1, 0.15) is 28.5 Å². The zero-order chi connectivity index (χ0) is 13.9. The van der Waals surface area contributed by atoms with E-state index >= 15 is 0 Å². The molecule has 4 nitrogen and oxygen atoms in total. The molecular formula is C14H12FN3OS. The van der Waals surface area contributed by atoms with Gasteiger partial charge < -0.3 is 5.32 Å². The van der Waals surface area contributed by atoms with Gasteiger partial charge in [0.15, 0.2) is 0 Å². The molecule has 1 unspecified atom stereocenters. The summed E-state index contributed by atoms with van der Waals surface area (Å²) in [5, 5.41) is 2.90. The summed E-state index contributed by atoms with van der Waals surface area (Å²) in [4.78, 5) is 20.9. The maximum atomic E-state index is 13.4. The molecular weight excluding hydrogens is 277 g/mol. The number of benzene rings is 1. The van der Waals surface area contributed by atoms with Crippen molar-refractivity contribution >= 4 is 17.7 Å². The number of halogens is 1. The third kappa shape index (κ3) is 2.65. The van der Waals surface area contributed by atoms with E-state index in [1.54, 1.807) is 17.8 Å². The minimum Gasteiger partial charge on any atom is -0.344 e. The molecule has 0 saturated carbocycles. The van der Waals surface area contributed by atoms with Crippen molar-refractivity contribution in [2.75, 3.05) is 5.75 Å². The van der Waals surface area contributed by atoms with E-state index in [2.05, 4.69) is 15.3 Å². The number of amides is 1. The van der Waals surface area contributed by atoms with Gasteiger partial charge in [0, 0.05) is 23.0 Å². The van der Waals surface area contributed by atoms with Crippen molar-refractivity contribution in [2.24, 2.45) is 0 Å². The Hall–Kier alpha value is -1.95. The number of nitrogens with zero attached hydrogens (tertiary/aromatic N) is 2. The predicted molar refractivity (Wildman–Crippen MR) is 74.0 cm³/mol. The minimum absolute atomic E-state index is 0.184. The zero-order valence-corrected chi connectivity index (χ0v) is 11.4. The van der Waals surface area contributed by atoms with Crippen molar-refractivity contribution in [2.45, 2.75) is 17.4 Å². The van der Waals surface area contributed by atoms with Gasteiger partial charge in [-0.3, -0.25) is 9.78 Å². The fourth-order valence-corrected chi connectivity index (χ4v) is 3.27. The van der Waals surface area contributed by atoms with E-state index in [0.717, 1.165) is 22.6 Å². The molecule has 0 fully saturated rings. The molecule has 1 amide bonds. The van der Waals surface area contributed by atoms with Crippen molar-refractivity contribution in [3.8, 4) is 0 Å². The summed E-state index contributed by atoms with van der Waals surface area (Å²) >= 11 is 1.68. The fourth-order valence-electron chi connectivity index (χ4n) is 2.16. The summed E-state index contributed by atoms with van der Waals surface area (Å²) in [6.07, 6.45) is 5.17. The summed E-state index contributed by atoms with van der Waals surface area (Å²) in [7, 11) is 0. The van der Waals surface area contributed by atoms with E-state index in [-0.39, 0.29) is 23.5 Å². The molecule has 2 heterocycles. The van der Waals surface area contributed by atoms with Crippen LogP contribution in [0.3, 0.4) is 0 Å². The summed E-state index contributed by atoms with van der Waals surface area (Å²) in [5.74, 6) is 0.319. The van der Waals surface area contributed by atoms with Crippen molar-refractivity contribution < 1.29 is 9.18 Å². The first-order chi connectivity index (χ1) is 9.74. The Bertz CT molecular complexity index is 636. The van der Waals surface area contributed by atoms with Crippen molar-refractivity contribution in [3.63, 3.8) is 0 Å². The molecule has 20 heavy (non-hydrogen) atoms. The fraction of sp³-hybridized carbons (Fsp3) is 0.214. The lowest BCUT2D eigenvalue weighted by atomic mass is 10.0. The number of hydrogen-bond acceptors (Lipinski definition) is 4. The van der Waals surface area contributed by atoms with Crippen molar-refractivity contribution in [1.82, 2.24) is 15.3 Å². The number of hydrogen-bond donors (Lipinski definition) is 1. The molecule has 0 spiro atoms. The van der Waals surface area contributed by atoms with Gasteiger partial charge in [0.2, 0.25) is 0 Å². The second-order valence-electron chi connectivity index (χ2n) is 4.44. The molecule has 0 aliphatic carbocycles. The molecule has 1 aliphatic rings. The highest BCUT2D eigenvalue weighted by Gasteiger charge is 2.23. The number of nitrogens with one attached hydrogen (secondary N) is 1. The van der Waals surface area contributed by atoms with E-state index in [1.807, 2.05) is 0 Å². The van der Waals surface area contributed by atoms with E-state index in [0.29, 0.717) is 0 Å². The predicted octanol–water partition coefficient (Wildman–Crippen LogP) is 2.58. The Morgan fingerprint density at radius 3 is 3.10 bits per heavy atom. The van der Waals surface area contributed by atoms with Crippen molar-refractivity contribution in [1.29, 1.82) is 0 Å². The van der Waals surface area contributed by atoms with E-state index in [4.69, 9.17) is 0 Å². The lowest BCUT2D eigenvalue weighted by molar-refractivity contribution is 0.0929. The number of fused-ring (bicyclic) bond motifs is 1. The van der Waals surface area contributed by atoms with Gasteiger partial charge in [0.05, 0.1) is 12.2 Å². The SMILES string of the molecule is O=C(NC1CCSc2ccc(F)cc21)c1cnccn1. The quantitative estimate of drug-likeness (QED) is 0.923. The molecule has 3 rings (SSSR count). The molecule has 1 aromatic heterocycles. The Balaban J connectivity index is 1.83. The molecule has 6 heteroatoms. The smallest absolute Gasteiger partial charge is 0.271 e. The number of aromatic nitrogens is 2. The average molecular weight is 289 g/mol. The lowest BCUT2D eigenvalue weighted by Gasteiger charge is -2.25. The highest BCUT2D eigenvalue weighted by molar-refractivity contribution is 7.99. The molecule has 102 valence electrons. The molecule has 0 bridgehead atoms. The first-order valence-corrected chi connectivity index (χ1v) is 7.22. The van der Waals surface area contributed by atoms with Gasteiger partial charge in [-0.15, -0.1) is 11.8 Å². The maximum Gasteiger partial charge on any atom is 0.271 e. The summed E-state index contributed by atoms with van der Waals surface area (Å²) in [5.41, 5.74) is 1.10. The summed E-state index contributed by atoms with van der Waals surface area (Å²) < 4.78 is 13.4. The molecule has 1 N–H and O–H groups in total. The van der Waals surface area contributed by atoms with Crippen LogP contribution in [0.5, 0.6) is 0 Å². The van der Waals surface area contributed by atoms with Gasteiger partial charge in [-0.1, -0.05) is 0 Å². The minimum atomic E-state index is -0.287. The lowest BCUT2D eigenvalue weighted by Crippen LogP contribution is -2.31. The third-order valence-corrected chi connectivity index (χ3v) is 4.24. The van der Waals surface area contributed by atoms with Gasteiger partial charge in [-0.2, -0.15) is 0 Å². The molecule has 1 atom stereocenters. The van der Waals surface area contributed by atoms with Gasteiger partial charge >= 0.3 is 0 Å². The van der Waals surface area contributed by atoms with E-state index in [1.165, 1.54) is 30.7 Å². The molecule has 0 radical (unpaired) electrons. The van der Waals surface area contributed by atoms with Crippen LogP contribution in [-0.2, 0) is 0 Å². The molecule has 0 saturated heterocycles. The maximum absolute atomic E-state index is 13.4. The van der Waals surface area contributed by atoms with E-state index < -0.39 is 0 Å². The standard InChI is InChI=1S/C14H12FN3OS/c15-9-1-2-13-10(7-9)11(3-6-20-13)18-14(19)12-8-16-4-5-17-12/h1-2,4-5,7-8,11H,3,6H2,(H,18,19). The van der Waals surface area contributed by atoms with Crippen LogP contribution in [0.25, 0.3) is 0 Å². The van der Waals surface area contributed by atoms with Crippen LogP contribution < -0.4 is 5.32 Å². The third-order valence-electron chi connectivity index (χ3n) is 3.11. The van der Waals surface area contributed by atoms with Crippen LogP contribution in [0.15, 0.2) is 41.7 Å². The van der Waals surface area contributed by atoms with Crippen LogP contribution >= 0.6 is 11.8 Å². The van der Waals surface area contributed by atoms with Gasteiger partial charge in [0.1, 0.15) is 11.5 Å². The van der Waals surface area contributed by atoms with Crippen LogP contribution in [0.4, 0.5) is 4.39 Å². The largest absolute Gasteiger partial charge is 0.344 e. The molecule has 2 aromatic rings. The average Bonchev–Trinajstić information content (AvgIpc) is 2.49. The zero-order valence-electron chi connectivity index (χ0n) is 10.5. The summed E-state index contributed by atoms with van der Waals surface area (Å²) in [6.45, 7) is 0. The summed E-state index contributed by atoms with van der Waals surface area (Å²) in [6, 6.07) is 4.51. The van der Waals surface area contributed by atoms with Gasteiger partial charge in [-0.25, -0.2) is 9.37 Å². The highest BCUT2D eigenvalue weighted by atomic mass is 32.2. The Morgan fingerprint density at radius 2 is 2.30 bits per heavy atom. The second-order valence-corrected chi connectivity index (χ2v) is 5.57. The number of rotatable bonds is 2. The monoisotopic (exact) mass is 289 g/mol. The highest BCUT2D eigenvalue weighted by Crippen LogP contribution is 2.36. The number of carbonyl (C=O) groups excluding carboxylic acids is 1. The first kappa shape index (κ1) is 13.1.